The van der Waals surface area contributed by atoms with Crippen molar-refractivity contribution in [2.75, 3.05) is 0 Å². The molecule has 6 atom stereocenters. The van der Waals surface area contributed by atoms with Gasteiger partial charge in [0.2, 0.25) is 0 Å². The highest BCUT2D eigenvalue weighted by molar-refractivity contribution is 5.91. The number of epoxide rings is 1. The Hall–Kier alpha value is -1.66. The van der Waals surface area contributed by atoms with E-state index in [1.165, 1.54) is 0 Å². The summed E-state index contributed by atoms with van der Waals surface area (Å²) in [5.74, 6) is -1.10. The lowest BCUT2D eigenvalue weighted by atomic mass is 9.83. The van der Waals surface area contributed by atoms with Crippen molar-refractivity contribution in [3.63, 3.8) is 0 Å². The zero-order chi connectivity index (χ0) is 20.0. The average Bonchev–Trinajstić information content (AvgIpc) is 3.17. The van der Waals surface area contributed by atoms with E-state index in [1.54, 1.807) is 6.92 Å². The Labute approximate surface area is 160 Å². The molecule has 0 amide bonds. The monoisotopic (exact) mass is 378 g/mol. The van der Waals surface area contributed by atoms with Crippen LogP contribution in [0.4, 0.5) is 0 Å². The molecule has 1 aliphatic carbocycles. The third-order valence-corrected chi connectivity index (χ3v) is 6.23. The van der Waals surface area contributed by atoms with Crippen molar-refractivity contribution in [3.8, 4) is 0 Å². The molecule has 2 heterocycles. The van der Waals surface area contributed by atoms with E-state index in [9.17, 15) is 14.7 Å². The van der Waals surface area contributed by atoms with Crippen LogP contribution in [0.5, 0.6) is 0 Å². The molecule has 0 spiro atoms. The summed E-state index contributed by atoms with van der Waals surface area (Å²) in [5.41, 5.74) is -0.0261. The minimum atomic E-state index is -1.09. The molecule has 6 heteroatoms. The van der Waals surface area contributed by atoms with Crippen molar-refractivity contribution in [2.45, 2.75) is 89.3 Å². The van der Waals surface area contributed by atoms with Crippen LogP contribution in [0.1, 0.15) is 59.8 Å². The molecule has 0 saturated carbocycles. The number of fused-ring (bicyclic) bond motifs is 3. The molecule has 0 bridgehead atoms. The van der Waals surface area contributed by atoms with Crippen LogP contribution >= 0.6 is 0 Å². The highest BCUT2D eigenvalue weighted by Crippen LogP contribution is 2.50. The van der Waals surface area contributed by atoms with Gasteiger partial charge in [0, 0.05) is 11.5 Å². The van der Waals surface area contributed by atoms with Crippen molar-refractivity contribution >= 4 is 11.9 Å². The van der Waals surface area contributed by atoms with Crippen molar-refractivity contribution in [2.24, 2.45) is 5.92 Å². The molecule has 0 aromatic carbocycles. The Kier molecular flexibility index (Phi) is 5.25. The largest absolute Gasteiger partial charge is 0.458 e. The number of aliphatic hydroxyl groups is 1. The number of carbonyl (C=O) groups is 2. The number of ether oxygens (including phenoxy) is 3. The van der Waals surface area contributed by atoms with Crippen molar-refractivity contribution in [1.29, 1.82) is 0 Å². The van der Waals surface area contributed by atoms with E-state index in [4.69, 9.17) is 14.2 Å². The molecule has 3 rings (SSSR count). The first-order chi connectivity index (χ1) is 12.6. The van der Waals surface area contributed by atoms with Gasteiger partial charge in [-0.15, -0.1) is 0 Å². The Morgan fingerprint density at radius 1 is 1.52 bits per heavy atom. The van der Waals surface area contributed by atoms with Crippen LogP contribution in [0.25, 0.3) is 0 Å². The van der Waals surface area contributed by atoms with Gasteiger partial charge < -0.3 is 19.3 Å². The molecule has 150 valence electrons. The SMILES string of the molecule is C=C1C(=O)O[C@H]2[C@H]3O[C@]3(C)CC/C=C(\C)[C@@H](OC(=O)C[C@](C)(O)CC)C[C@@H]12. The summed E-state index contributed by atoms with van der Waals surface area (Å²) in [7, 11) is 0. The standard InChI is InChI=1S/C21H30O6/c1-6-20(4,24)11-16(22)25-15-10-14-13(3)19(23)26-17(14)18-21(5,27-18)9-7-8-12(15)2/h8,14-15,17-18,24H,3,6-7,9-11H2,1-2,4-5H3/b12-8+/t14-,15-,17+,18+,20+,21+/m0/s1. The quantitative estimate of drug-likeness (QED) is 0.350. The second kappa shape index (κ2) is 7.06. The van der Waals surface area contributed by atoms with Crippen molar-refractivity contribution in [3.05, 3.63) is 23.8 Å². The first-order valence-electron chi connectivity index (χ1n) is 9.72. The van der Waals surface area contributed by atoms with Crippen LogP contribution in [0, 0.1) is 5.92 Å². The van der Waals surface area contributed by atoms with Gasteiger partial charge >= 0.3 is 11.9 Å². The first kappa shape index (κ1) is 20.1. The molecule has 3 aliphatic rings. The number of esters is 2. The maximum Gasteiger partial charge on any atom is 0.334 e. The summed E-state index contributed by atoms with van der Waals surface area (Å²) in [6.45, 7) is 11.3. The molecule has 2 aliphatic heterocycles. The van der Waals surface area contributed by atoms with Gasteiger partial charge in [0.1, 0.15) is 18.3 Å². The van der Waals surface area contributed by atoms with E-state index in [1.807, 2.05) is 20.8 Å². The second-order valence-corrected chi connectivity index (χ2v) is 8.58. The second-order valence-electron chi connectivity index (χ2n) is 8.58. The molecule has 1 N–H and O–H groups in total. The summed E-state index contributed by atoms with van der Waals surface area (Å²) in [4.78, 5) is 24.5. The van der Waals surface area contributed by atoms with Crippen LogP contribution < -0.4 is 0 Å². The van der Waals surface area contributed by atoms with Gasteiger partial charge in [0.15, 0.2) is 0 Å². The number of rotatable bonds is 4. The minimum Gasteiger partial charge on any atom is -0.458 e. The maximum atomic E-state index is 12.4. The zero-order valence-electron chi connectivity index (χ0n) is 16.6. The lowest BCUT2D eigenvalue weighted by Crippen LogP contribution is -2.34. The number of carbonyl (C=O) groups excluding carboxylic acids is 2. The Morgan fingerprint density at radius 3 is 2.89 bits per heavy atom. The predicted octanol–water partition coefficient (Wildman–Crippen LogP) is 2.83. The van der Waals surface area contributed by atoms with Crippen LogP contribution in [0.2, 0.25) is 0 Å². The van der Waals surface area contributed by atoms with Crippen LogP contribution in [0.3, 0.4) is 0 Å². The third kappa shape index (κ3) is 4.11. The Bertz CT molecular complexity index is 678. The lowest BCUT2D eigenvalue weighted by molar-refractivity contribution is -0.153. The number of hydrogen-bond donors (Lipinski definition) is 1. The molecule has 0 aromatic heterocycles. The molecule has 6 nitrogen and oxygen atoms in total. The Balaban J connectivity index is 1.80. The van der Waals surface area contributed by atoms with Crippen molar-refractivity contribution in [1.82, 2.24) is 0 Å². The summed E-state index contributed by atoms with van der Waals surface area (Å²) in [6.07, 6.45) is 3.49. The number of allylic oxidation sites excluding steroid dienone is 1. The average molecular weight is 378 g/mol. The normalized spacial score (nSPS) is 40.0. The maximum absolute atomic E-state index is 12.4. The highest BCUT2D eigenvalue weighted by atomic mass is 16.6. The van der Waals surface area contributed by atoms with E-state index in [0.717, 1.165) is 18.4 Å². The molecule has 0 radical (unpaired) electrons. The fraction of sp³-hybridized carbons (Fsp3) is 0.714. The van der Waals surface area contributed by atoms with Crippen LogP contribution in [0.15, 0.2) is 23.8 Å². The summed E-state index contributed by atoms with van der Waals surface area (Å²) < 4.78 is 17.2. The van der Waals surface area contributed by atoms with Crippen molar-refractivity contribution < 1.29 is 28.9 Å². The lowest BCUT2D eigenvalue weighted by Gasteiger charge is -2.27. The highest BCUT2D eigenvalue weighted by Gasteiger charge is 2.61. The zero-order valence-corrected chi connectivity index (χ0v) is 16.6. The van der Waals surface area contributed by atoms with E-state index < -0.39 is 23.6 Å². The molecule has 0 unspecified atom stereocenters. The van der Waals surface area contributed by atoms with Crippen LogP contribution in [-0.4, -0.2) is 46.6 Å². The fourth-order valence-electron chi connectivity index (χ4n) is 3.96. The fourth-order valence-corrected chi connectivity index (χ4v) is 3.96. The predicted molar refractivity (Wildman–Crippen MR) is 98.8 cm³/mol. The van der Waals surface area contributed by atoms with Gasteiger partial charge in [-0.25, -0.2) is 4.79 Å². The Morgan fingerprint density at radius 2 is 2.22 bits per heavy atom. The van der Waals surface area contributed by atoms with E-state index >= 15 is 0 Å². The summed E-state index contributed by atoms with van der Waals surface area (Å²) >= 11 is 0. The minimum absolute atomic E-state index is 0.0679. The molecular formula is C21H30O6. The van der Waals surface area contributed by atoms with E-state index in [0.29, 0.717) is 18.4 Å². The van der Waals surface area contributed by atoms with Gasteiger partial charge in [-0.1, -0.05) is 19.6 Å². The third-order valence-electron chi connectivity index (χ3n) is 6.23. The molecule has 2 fully saturated rings. The topological polar surface area (TPSA) is 85.4 Å². The molecule has 2 saturated heterocycles. The van der Waals surface area contributed by atoms with E-state index in [2.05, 4.69) is 12.7 Å². The smallest absolute Gasteiger partial charge is 0.334 e. The van der Waals surface area contributed by atoms with Gasteiger partial charge in [-0.2, -0.15) is 0 Å². The summed E-state index contributed by atoms with van der Waals surface area (Å²) in [5, 5.41) is 10.2. The van der Waals surface area contributed by atoms with Gasteiger partial charge in [-0.3, -0.25) is 4.79 Å². The molecule has 27 heavy (non-hydrogen) atoms. The van der Waals surface area contributed by atoms with Gasteiger partial charge in [-0.05, 0) is 52.0 Å². The van der Waals surface area contributed by atoms with Gasteiger partial charge in [0.25, 0.3) is 0 Å². The molecule has 0 aromatic rings. The van der Waals surface area contributed by atoms with E-state index in [-0.39, 0.29) is 30.1 Å². The first-order valence-corrected chi connectivity index (χ1v) is 9.72. The molecular weight excluding hydrogens is 348 g/mol. The number of hydrogen-bond acceptors (Lipinski definition) is 6. The summed E-state index contributed by atoms with van der Waals surface area (Å²) in [6, 6.07) is 0. The van der Waals surface area contributed by atoms with Crippen LogP contribution in [-0.2, 0) is 23.8 Å². The van der Waals surface area contributed by atoms with Gasteiger partial charge in [0.05, 0.1) is 17.6 Å².